The Hall–Kier alpha value is -2.67. The van der Waals surface area contributed by atoms with Crippen LogP contribution in [-0.2, 0) is 17.6 Å². The molecule has 30 heavy (non-hydrogen) atoms. The molecule has 0 unspecified atom stereocenters. The van der Waals surface area contributed by atoms with Crippen molar-refractivity contribution in [2.45, 2.75) is 44.9 Å². The summed E-state index contributed by atoms with van der Waals surface area (Å²) in [6.07, 6.45) is 7.91. The summed E-state index contributed by atoms with van der Waals surface area (Å²) in [7, 11) is 0. The molecular weight excluding hydrogens is 380 g/mol. The van der Waals surface area contributed by atoms with Crippen LogP contribution in [-0.4, -0.2) is 58.7 Å². The van der Waals surface area contributed by atoms with Crippen LogP contribution in [0.2, 0.25) is 0 Å². The zero-order valence-corrected chi connectivity index (χ0v) is 17.6. The molecule has 1 aliphatic heterocycles. The standard InChI is InChI=1S/C23H32N4O3/c28-22(29)10-6-16-27(17-18-30-21-9-1-3-13-24-21)15-4-2-8-20-12-11-19-7-5-14-25-23(19)26-20/h1,3,9,11-13H,2,4-8,10,14-18H2,(H,25,26)(H,28,29). The van der Waals surface area contributed by atoms with E-state index in [9.17, 15) is 4.79 Å². The number of rotatable bonds is 13. The molecule has 0 fully saturated rings. The fourth-order valence-corrected chi connectivity index (χ4v) is 3.65. The number of pyridine rings is 2. The van der Waals surface area contributed by atoms with Gasteiger partial charge in [-0.25, -0.2) is 9.97 Å². The number of aliphatic carboxylic acids is 1. The normalized spacial score (nSPS) is 13.0. The predicted octanol–water partition coefficient (Wildman–Crippen LogP) is 3.40. The quantitative estimate of drug-likeness (QED) is 0.488. The van der Waals surface area contributed by atoms with E-state index in [-0.39, 0.29) is 6.42 Å². The number of carboxylic acids is 1. The van der Waals surface area contributed by atoms with Crippen LogP contribution >= 0.6 is 0 Å². The summed E-state index contributed by atoms with van der Waals surface area (Å²) in [6.45, 7) is 4.00. The molecule has 2 N–H and O–H groups in total. The fraction of sp³-hybridized carbons (Fsp3) is 0.522. The van der Waals surface area contributed by atoms with Crippen LogP contribution in [0.15, 0.2) is 36.5 Å². The van der Waals surface area contributed by atoms with Crippen molar-refractivity contribution in [3.05, 3.63) is 47.8 Å². The molecule has 3 heterocycles. The first-order valence-corrected chi connectivity index (χ1v) is 10.9. The van der Waals surface area contributed by atoms with Gasteiger partial charge in [0.2, 0.25) is 5.88 Å². The van der Waals surface area contributed by atoms with E-state index in [0.29, 0.717) is 18.9 Å². The monoisotopic (exact) mass is 412 g/mol. The highest BCUT2D eigenvalue weighted by Gasteiger charge is 2.11. The summed E-state index contributed by atoms with van der Waals surface area (Å²) in [5.41, 5.74) is 2.46. The van der Waals surface area contributed by atoms with E-state index in [2.05, 4.69) is 27.3 Å². The van der Waals surface area contributed by atoms with E-state index in [1.807, 2.05) is 18.2 Å². The molecule has 0 aliphatic carbocycles. The number of anilines is 1. The third-order valence-electron chi connectivity index (χ3n) is 5.27. The number of unbranched alkanes of at least 4 members (excludes halogenated alkanes) is 1. The first kappa shape index (κ1) is 22.0. The molecule has 0 spiro atoms. The van der Waals surface area contributed by atoms with E-state index < -0.39 is 5.97 Å². The third kappa shape index (κ3) is 7.63. The number of nitrogens with one attached hydrogen (secondary N) is 1. The highest BCUT2D eigenvalue weighted by Crippen LogP contribution is 2.20. The molecule has 0 atom stereocenters. The van der Waals surface area contributed by atoms with Crippen molar-refractivity contribution in [2.75, 3.05) is 38.1 Å². The maximum Gasteiger partial charge on any atom is 0.303 e. The number of aromatic nitrogens is 2. The van der Waals surface area contributed by atoms with E-state index in [1.54, 1.807) is 6.20 Å². The van der Waals surface area contributed by atoms with Gasteiger partial charge in [0, 0.05) is 37.5 Å². The highest BCUT2D eigenvalue weighted by atomic mass is 16.5. The number of nitrogens with zero attached hydrogens (tertiary/aromatic N) is 3. The van der Waals surface area contributed by atoms with Gasteiger partial charge in [-0.2, -0.15) is 0 Å². The molecule has 0 bridgehead atoms. The summed E-state index contributed by atoms with van der Waals surface area (Å²) >= 11 is 0. The van der Waals surface area contributed by atoms with E-state index in [1.165, 1.54) is 12.0 Å². The second kappa shape index (κ2) is 12.1. The van der Waals surface area contributed by atoms with Gasteiger partial charge in [0.1, 0.15) is 12.4 Å². The number of carbonyl (C=O) groups is 1. The smallest absolute Gasteiger partial charge is 0.303 e. The molecule has 0 aromatic carbocycles. The Morgan fingerprint density at radius 3 is 2.87 bits per heavy atom. The number of hydrogen-bond donors (Lipinski definition) is 2. The van der Waals surface area contributed by atoms with Crippen molar-refractivity contribution in [3.63, 3.8) is 0 Å². The Morgan fingerprint density at radius 1 is 1.13 bits per heavy atom. The lowest BCUT2D eigenvalue weighted by atomic mass is 10.1. The molecule has 2 aromatic heterocycles. The Kier molecular flexibility index (Phi) is 8.90. The van der Waals surface area contributed by atoms with Crippen LogP contribution in [0.5, 0.6) is 5.88 Å². The van der Waals surface area contributed by atoms with E-state index in [0.717, 1.165) is 63.4 Å². The lowest BCUT2D eigenvalue weighted by Gasteiger charge is -2.22. The lowest BCUT2D eigenvalue weighted by molar-refractivity contribution is -0.137. The van der Waals surface area contributed by atoms with Crippen LogP contribution < -0.4 is 10.1 Å². The Balaban J connectivity index is 1.40. The first-order valence-electron chi connectivity index (χ1n) is 10.9. The first-order chi connectivity index (χ1) is 14.7. The summed E-state index contributed by atoms with van der Waals surface area (Å²) in [6, 6.07) is 9.96. The second-order valence-electron chi connectivity index (χ2n) is 7.65. The minimum atomic E-state index is -0.744. The molecule has 7 heteroatoms. The van der Waals surface area contributed by atoms with Gasteiger partial charge in [-0.1, -0.05) is 12.1 Å². The molecular formula is C23H32N4O3. The van der Waals surface area contributed by atoms with Crippen molar-refractivity contribution in [1.82, 2.24) is 14.9 Å². The second-order valence-corrected chi connectivity index (χ2v) is 7.65. The molecule has 162 valence electrons. The average Bonchev–Trinajstić information content (AvgIpc) is 2.76. The van der Waals surface area contributed by atoms with Gasteiger partial charge in [0.15, 0.2) is 0 Å². The maximum absolute atomic E-state index is 10.8. The maximum atomic E-state index is 10.8. The topological polar surface area (TPSA) is 87.6 Å². The molecule has 0 saturated carbocycles. The number of fused-ring (bicyclic) bond motifs is 1. The van der Waals surface area contributed by atoms with Crippen molar-refractivity contribution in [1.29, 1.82) is 0 Å². The zero-order chi connectivity index (χ0) is 21.0. The number of aryl methyl sites for hydroxylation is 2. The van der Waals surface area contributed by atoms with Crippen molar-refractivity contribution < 1.29 is 14.6 Å². The summed E-state index contributed by atoms with van der Waals surface area (Å²) in [5.74, 6) is 0.933. The van der Waals surface area contributed by atoms with Gasteiger partial charge in [0.25, 0.3) is 0 Å². The van der Waals surface area contributed by atoms with Crippen LogP contribution in [0.1, 0.15) is 43.4 Å². The van der Waals surface area contributed by atoms with Crippen LogP contribution in [0.25, 0.3) is 0 Å². The largest absolute Gasteiger partial charge is 0.481 e. The van der Waals surface area contributed by atoms with Gasteiger partial charge in [0.05, 0.1) is 0 Å². The predicted molar refractivity (Wildman–Crippen MR) is 117 cm³/mol. The van der Waals surface area contributed by atoms with Crippen LogP contribution in [0, 0.1) is 0 Å². The van der Waals surface area contributed by atoms with Crippen molar-refractivity contribution >= 4 is 11.8 Å². The Labute approximate surface area is 178 Å². The van der Waals surface area contributed by atoms with Gasteiger partial charge >= 0.3 is 5.97 Å². The van der Waals surface area contributed by atoms with E-state index in [4.69, 9.17) is 14.8 Å². The van der Waals surface area contributed by atoms with Crippen molar-refractivity contribution in [3.8, 4) is 5.88 Å². The van der Waals surface area contributed by atoms with Gasteiger partial charge in [-0.3, -0.25) is 9.69 Å². The fourth-order valence-electron chi connectivity index (χ4n) is 3.65. The van der Waals surface area contributed by atoms with Crippen LogP contribution in [0.4, 0.5) is 5.82 Å². The Morgan fingerprint density at radius 2 is 2.03 bits per heavy atom. The van der Waals surface area contributed by atoms with E-state index >= 15 is 0 Å². The number of ether oxygens (including phenoxy) is 1. The molecule has 1 aliphatic rings. The molecule has 0 radical (unpaired) electrons. The Bertz CT molecular complexity index is 785. The van der Waals surface area contributed by atoms with Crippen LogP contribution in [0.3, 0.4) is 0 Å². The SMILES string of the molecule is O=C(O)CCCN(CCCCc1ccc2c(n1)NCCC2)CCOc1ccccn1. The minimum absolute atomic E-state index is 0.198. The zero-order valence-electron chi connectivity index (χ0n) is 17.6. The molecule has 2 aromatic rings. The highest BCUT2D eigenvalue weighted by molar-refractivity contribution is 5.66. The average molecular weight is 413 g/mol. The van der Waals surface area contributed by atoms with Gasteiger partial charge < -0.3 is 15.2 Å². The van der Waals surface area contributed by atoms with Gasteiger partial charge in [-0.15, -0.1) is 0 Å². The molecule has 3 rings (SSSR count). The summed E-state index contributed by atoms with van der Waals surface area (Å²) < 4.78 is 5.71. The summed E-state index contributed by atoms with van der Waals surface area (Å²) in [5, 5.41) is 12.3. The third-order valence-corrected chi connectivity index (χ3v) is 5.27. The minimum Gasteiger partial charge on any atom is -0.481 e. The summed E-state index contributed by atoms with van der Waals surface area (Å²) in [4.78, 5) is 22.1. The molecule has 7 nitrogen and oxygen atoms in total. The molecule has 0 amide bonds. The number of carboxylic acid groups (broad SMARTS) is 1. The molecule has 0 saturated heterocycles. The van der Waals surface area contributed by atoms with Gasteiger partial charge in [-0.05, 0) is 69.3 Å². The van der Waals surface area contributed by atoms with Crippen molar-refractivity contribution in [2.24, 2.45) is 0 Å². The number of hydrogen-bond acceptors (Lipinski definition) is 6. The lowest BCUT2D eigenvalue weighted by Crippen LogP contribution is -2.31.